The highest BCUT2D eigenvalue weighted by atomic mass is 32.2. The molecule has 1 atom stereocenters. The Balaban J connectivity index is 1.82. The van der Waals surface area contributed by atoms with E-state index in [-0.39, 0.29) is 24.2 Å². The molecule has 0 aliphatic carbocycles. The number of aryl methyl sites for hydroxylation is 1. The van der Waals surface area contributed by atoms with Crippen LogP contribution in [-0.2, 0) is 30.6 Å². The zero-order chi connectivity index (χ0) is 19.0. The Bertz CT molecular complexity index is 702. The molecule has 0 bridgehead atoms. The van der Waals surface area contributed by atoms with Crippen molar-refractivity contribution >= 4 is 21.7 Å². The molecule has 1 unspecified atom stereocenters. The number of hydrogen-bond acceptors (Lipinski definition) is 5. The van der Waals surface area contributed by atoms with Gasteiger partial charge in [0.1, 0.15) is 5.75 Å². The Labute approximate surface area is 155 Å². The van der Waals surface area contributed by atoms with Crippen LogP contribution in [0.5, 0.6) is 0 Å². The van der Waals surface area contributed by atoms with Crippen LogP contribution >= 0.6 is 0 Å². The Kier molecular flexibility index (Phi) is 7.63. The maximum absolute atomic E-state index is 12.4. The van der Waals surface area contributed by atoms with Crippen molar-refractivity contribution in [1.82, 2.24) is 4.90 Å². The maximum Gasteiger partial charge on any atom is 0.310 e. The van der Waals surface area contributed by atoms with Crippen molar-refractivity contribution in [3.8, 4) is 0 Å². The summed E-state index contributed by atoms with van der Waals surface area (Å²) in [5.41, 5.74) is 1.09. The minimum Gasteiger partial charge on any atom is -0.466 e. The number of rotatable bonds is 8. The van der Waals surface area contributed by atoms with E-state index in [0.29, 0.717) is 38.8 Å². The highest BCUT2D eigenvalue weighted by molar-refractivity contribution is 7.92. The summed E-state index contributed by atoms with van der Waals surface area (Å²) in [6, 6.07) is 9.68. The first-order valence-electron chi connectivity index (χ1n) is 9.10. The monoisotopic (exact) mass is 381 g/mol. The summed E-state index contributed by atoms with van der Waals surface area (Å²) < 4.78 is 29.5. The zero-order valence-electron chi connectivity index (χ0n) is 15.2. The summed E-state index contributed by atoms with van der Waals surface area (Å²) in [6.45, 7) is 2.79. The van der Waals surface area contributed by atoms with Gasteiger partial charge in [0.15, 0.2) is 9.84 Å². The molecule has 2 rings (SSSR count). The van der Waals surface area contributed by atoms with Crippen LogP contribution < -0.4 is 0 Å². The Hall–Kier alpha value is -1.89. The van der Waals surface area contributed by atoms with Crippen molar-refractivity contribution < 1.29 is 22.7 Å². The molecule has 6 nitrogen and oxygen atoms in total. The van der Waals surface area contributed by atoms with Gasteiger partial charge in [-0.1, -0.05) is 30.3 Å². The number of amides is 1. The lowest BCUT2D eigenvalue weighted by Gasteiger charge is -2.31. The normalized spacial score (nSPS) is 17.7. The Morgan fingerprint density at radius 3 is 2.65 bits per heavy atom. The fraction of sp³-hybridized carbons (Fsp3) is 0.579. The van der Waals surface area contributed by atoms with E-state index in [1.165, 1.54) is 4.90 Å². The number of sulfone groups is 1. The number of esters is 1. The Morgan fingerprint density at radius 2 is 1.96 bits per heavy atom. The predicted octanol–water partition coefficient (Wildman–Crippen LogP) is 1.84. The van der Waals surface area contributed by atoms with Gasteiger partial charge in [-0.2, -0.15) is 0 Å². The van der Waals surface area contributed by atoms with Crippen molar-refractivity contribution in [2.24, 2.45) is 5.92 Å². The molecule has 0 saturated carbocycles. The molecule has 1 aliphatic heterocycles. The second-order valence-electron chi connectivity index (χ2n) is 6.61. The van der Waals surface area contributed by atoms with Crippen LogP contribution in [-0.4, -0.2) is 56.4 Å². The molecule has 0 N–H and O–H groups in total. The van der Waals surface area contributed by atoms with Gasteiger partial charge in [0.05, 0.1) is 18.3 Å². The van der Waals surface area contributed by atoms with E-state index in [4.69, 9.17) is 4.74 Å². The van der Waals surface area contributed by atoms with Gasteiger partial charge in [0.2, 0.25) is 5.91 Å². The summed E-state index contributed by atoms with van der Waals surface area (Å²) >= 11 is 0. The second-order valence-corrected chi connectivity index (χ2v) is 8.80. The number of carbonyl (C=O) groups excluding carboxylic acids is 2. The average Bonchev–Trinajstić information content (AvgIpc) is 2.62. The van der Waals surface area contributed by atoms with Crippen LogP contribution in [0, 0.1) is 5.92 Å². The molecule has 1 heterocycles. The average molecular weight is 381 g/mol. The first-order chi connectivity index (χ1) is 12.4. The van der Waals surface area contributed by atoms with Crippen molar-refractivity contribution in [3.05, 3.63) is 35.9 Å². The lowest BCUT2D eigenvalue weighted by atomic mass is 9.98. The third-order valence-corrected chi connectivity index (χ3v) is 6.10. The minimum absolute atomic E-state index is 0.0111. The van der Waals surface area contributed by atoms with Crippen molar-refractivity contribution in [1.29, 1.82) is 0 Å². The van der Waals surface area contributed by atoms with Crippen molar-refractivity contribution in [2.45, 2.75) is 32.6 Å². The van der Waals surface area contributed by atoms with Gasteiger partial charge in [0.25, 0.3) is 0 Å². The summed E-state index contributed by atoms with van der Waals surface area (Å²) in [5, 5.41) is 0. The number of hydrogen-bond donors (Lipinski definition) is 0. The summed E-state index contributed by atoms with van der Waals surface area (Å²) in [6.07, 6.45) is 2.52. The molecule has 1 aromatic carbocycles. The molecule has 7 heteroatoms. The molecular weight excluding hydrogens is 354 g/mol. The fourth-order valence-corrected chi connectivity index (χ4v) is 4.44. The number of benzene rings is 1. The quantitative estimate of drug-likeness (QED) is 0.642. The third kappa shape index (κ3) is 6.44. The van der Waals surface area contributed by atoms with E-state index in [1.807, 2.05) is 30.3 Å². The van der Waals surface area contributed by atoms with Gasteiger partial charge in [-0.05, 0) is 38.2 Å². The third-order valence-electron chi connectivity index (χ3n) is 4.50. The van der Waals surface area contributed by atoms with Gasteiger partial charge in [-0.25, -0.2) is 8.42 Å². The van der Waals surface area contributed by atoms with Gasteiger partial charge >= 0.3 is 5.97 Å². The zero-order valence-corrected chi connectivity index (χ0v) is 16.0. The maximum atomic E-state index is 12.4. The number of ether oxygens (including phenoxy) is 1. The molecule has 1 saturated heterocycles. The smallest absolute Gasteiger partial charge is 0.310 e. The molecule has 0 radical (unpaired) electrons. The molecule has 1 fully saturated rings. The van der Waals surface area contributed by atoms with Crippen LogP contribution in [0.3, 0.4) is 0 Å². The molecule has 0 aromatic heterocycles. The summed E-state index contributed by atoms with van der Waals surface area (Å²) in [4.78, 5) is 25.7. The summed E-state index contributed by atoms with van der Waals surface area (Å²) in [7, 11) is -3.46. The van der Waals surface area contributed by atoms with Gasteiger partial charge in [0, 0.05) is 13.1 Å². The van der Waals surface area contributed by atoms with E-state index in [2.05, 4.69) is 0 Å². The number of likely N-dealkylation sites (tertiary alicyclic amines) is 1. The lowest BCUT2D eigenvalue weighted by Crippen LogP contribution is -2.45. The number of nitrogens with zero attached hydrogens (tertiary/aromatic N) is 1. The van der Waals surface area contributed by atoms with E-state index in [9.17, 15) is 18.0 Å². The molecule has 1 aromatic rings. The molecular formula is C19H27NO5S. The molecule has 26 heavy (non-hydrogen) atoms. The fourth-order valence-electron chi connectivity index (χ4n) is 3.15. The minimum atomic E-state index is -3.46. The highest BCUT2D eigenvalue weighted by Gasteiger charge is 2.31. The molecule has 1 aliphatic rings. The van der Waals surface area contributed by atoms with Crippen LogP contribution in [0.25, 0.3) is 0 Å². The number of carbonyl (C=O) groups is 2. The summed E-state index contributed by atoms with van der Waals surface area (Å²) in [5.74, 6) is -1.58. The highest BCUT2D eigenvalue weighted by Crippen LogP contribution is 2.18. The van der Waals surface area contributed by atoms with Crippen LogP contribution in [0.4, 0.5) is 0 Å². The Morgan fingerprint density at radius 1 is 1.23 bits per heavy atom. The SMILES string of the molecule is CCOC(=O)C1CCCN(C(=O)CS(=O)(=O)CCCc2ccccc2)C1. The first kappa shape index (κ1) is 20.4. The van der Waals surface area contributed by atoms with Crippen molar-refractivity contribution in [2.75, 3.05) is 31.2 Å². The van der Waals surface area contributed by atoms with Crippen LogP contribution in [0.2, 0.25) is 0 Å². The largest absolute Gasteiger partial charge is 0.466 e. The first-order valence-corrected chi connectivity index (χ1v) is 10.9. The molecule has 1 amide bonds. The lowest BCUT2D eigenvalue weighted by molar-refractivity contribution is -0.151. The topological polar surface area (TPSA) is 80.8 Å². The van der Waals surface area contributed by atoms with E-state index >= 15 is 0 Å². The molecule has 0 spiro atoms. The standard InChI is InChI=1S/C19H27NO5S/c1-2-25-19(22)17-11-6-12-20(14-17)18(21)15-26(23,24)13-7-10-16-8-4-3-5-9-16/h3-5,8-9,17H,2,6-7,10-15H2,1H3. The number of piperidine rings is 1. The molecule has 144 valence electrons. The van der Waals surface area contributed by atoms with Gasteiger partial charge in [-0.3, -0.25) is 9.59 Å². The predicted molar refractivity (Wildman–Crippen MR) is 99.4 cm³/mol. The van der Waals surface area contributed by atoms with Gasteiger partial charge < -0.3 is 9.64 Å². The van der Waals surface area contributed by atoms with E-state index in [0.717, 1.165) is 5.56 Å². The van der Waals surface area contributed by atoms with E-state index in [1.54, 1.807) is 6.92 Å². The second kappa shape index (κ2) is 9.71. The van der Waals surface area contributed by atoms with Crippen LogP contribution in [0.1, 0.15) is 31.7 Å². The van der Waals surface area contributed by atoms with Gasteiger partial charge in [-0.15, -0.1) is 0 Å². The van der Waals surface area contributed by atoms with E-state index < -0.39 is 21.5 Å². The van der Waals surface area contributed by atoms with Crippen LogP contribution in [0.15, 0.2) is 30.3 Å². The van der Waals surface area contributed by atoms with Crippen molar-refractivity contribution in [3.63, 3.8) is 0 Å².